The molecule has 0 unspecified atom stereocenters. The highest BCUT2D eigenvalue weighted by molar-refractivity contribution is 5.95. The predicted octanol–water partition coefficient (Wildman–Crippen LogP) is 2.47. The first-order valence-corrected chi connectivity index (χ1v) is 4.81. The first-order valence-electron chi connectivity index (χ1n) is 4.81. The van der Waals surface area contributed by atoms with Gasteiger partial charge in [-0.2, -0.15) is 13.2 Å². The fourth-order valence-electron chi connectivity index (χ4n) is 1.26. The molecule has 3 nitrogen and oxygen atoms in total. The van der Waals surface area contributed by atoms with Gasteiger partial charge in [0.2, 0.25) is 0 Å². The summed E-state index contributed by atoms with van der Waals surface area (Å²) in [7, 11) is 3.38. The van der Waals surface area contributed by atoms with E-state index in [0.717, 1.165) is 0 Å². The molecule has 0 saturated heterocycles. The zero-order chi connectivity index (χ0) is 13.1. The maximum atomic E-state index is 11.9. The zero-order valence-corrected chi connectivity index (χ0v) is 9.41. The number of alkyl halides is 3. The molecule has 0 aromatic heterocycles. The highest BCUT2D eigenvalue weighted by Gasteiger charge is 2.30. The number of para-hydroxylation sites is 1. The number of rotatable bonds is 3. The molecule has 0 N–H and O–H groups in total. The molecular formula is C11H12F3NO2. The van der Waals surface area contributed by atoms with Crippen molar-refractivity contribution in [2.75, 3.05) is 25.6 Å². The number of carbonyl (C=O) groups excluding carboxylic acids is 1. The van der Waals surface area contributed by atoms with E-state index < -0.39 is 18.8 Å². The first-order chi connectivity index (χ1) is 7.81. The van der Waals surface area contributed by atoms with Gasteiger partial charge in [0.05, 0.1) is 11.3 Å². The van der Waals surface area contributed by atoms with Gasteiger partial charge >= 0.3 is 12.1 Å². The Labute approximate surface area is 96.8 Å². The van der Waals surface area contributed by atoms with Gasteiger partial charge in [0.25, 0.3) is 0 Å². The molecule has 0 atom stereocenters. The van der Waals surface area contributed by atoms with Crippen LogP contribution in [0.25, 0.3) is 0 Å². The van der Waals surface area contributed by atoms with Crippen molar-refractivity contribution in [3.05, 3.63) is 29.8 Å². The van der Waals surface area contributed by atoms with Gasteiger partial charge in [-0.05, 0) is 12.1 Å². The van der Waals surface area contributed by atoms with E-state index in [1.54, 1.807) is 37.2 Å². The van der Waals surface area contributed by atoms with E-state index in [1.165, 1.54) is 6.07 Å². The standard InChI is InChI=1S/C11H12F3NO2/c1-15(2)9-6-4-3-5-8(9)10(16)17-7-11(12,13)14/h3-6H,7H2,1-2H3. The van der Waals surface area contributed by atoms with Crippen molar-refractivity contribution in [2.45, 2.75) is 6.18 Å². The fourth-order valence-corrected chi connectivity index (χ4v) is 1.26. The summed E-state index contributed by atoms with van der Waals surface area (Å²) in [6.07, 6.45) is -4.51. The van der Waals surface area contributed by atoms with Gasteiger partial charge in [0, 0.05) is 14.1 Å². The quantitative estimate of drug-likeness (QED) is 0.768. The molecule has 6 heteroatoms. The number of nitrogens with zero attached hydrogens (tertiary/aromatic N) is 1. The molecule has 0 aliphatic rings. The van der Waals surface area contributed by atoms with Crippen molar-refractivity contribution in [3.63, 3.8) is 0 Å². The Kier molecular flexibility index (Phi) is 3.98. The minimum absolute atomic E-state index is 0.113. The SMILES string of the molecule is CN(C)c1ccccc1C(=O)OCC(F)(F)F. The van der Waals surface area contributed by atoms with Crippen LogP contribution in [0.5, 0.6) is 0 Å². The summed E-state index contributed by atoms with van der Waals surface area (Å²) in [6, 6.07) is 6.31. The Morgan fingerprint density at radius 3 is 2.41 bits per heavy atom. The molecule has 0 amide bonds. The molecule has 1 aromatic carbocycles. The Morgan fingerprint density at radius 1 is 1.29 bits per heavy atom. The third kappa shape index (κ3) is 3.97. The van der Waals surface area contributed by atoms with E-state index in [9.17, 15) is 18.0 Å². The summed E-state index contributed by atoms with van der Waals surface area (Å²) in [5.41, 5.74) is 0.626. The summed E-state index contributed by atoms with van der Waals surface area (Å²) in [6.45, 7) is -1.58. The van der Waals surface area contributed by atoms with E-state index in [4.69, 9.17) is 0 Å². The predicted molar refractivity (Wildman–Crippen MR) is 57.1 cm³/mol. The largest absolute Gasteiger partial charge is 0.452 e. The average molecular weight is 247 g/mol. The second-order valence-electron chi connectivity index (χ2n) is 3.60. The van der Waals surface area contributed by atoms with Crippen molar-refractivity contribution < 1.29 is 22.7 Å². The molecule has 0 aliphatic carbocycles. The van der Waals surface area contributed by atoms with E-state index in [0.29, 0.717) is 5.69 Å². The van der Waals surface area contributed by atoms with E-state index >= 15 is 0 Å². The van der Waals surface area contributed by atoms with Gasteiger partial charge in [-0.3, -0.25) is 0 Å². The lowest BCUT2D eigenvalue weighted by molar-refractivity contribution is -0.161. The molecule has 0 heterocycles. The smallest absolute Gasteiger partial charge is 0.422 e. The summed E-state index contributed by atoms with van der Waals surface area (Å²) in [4.78, 5) is 13.1. The summed E-state index contributed by atoms with van der Waals surface area (Å²) >= 11 is 0. The first kappa shape index (κ1) is 13.3. The van der Waals surface area contributed by atoms with E-state index in [1.807, 2.05) is 0 Å². The van der Waals surface area contributed by atoms with Crippen molar-refractivity contribution in [1.82, 2.24) is 0 Å². The molecule has 0 spiro atoms. The highest BCUT2D eigenvalue weighted by atomic mass is 19.4. The highest BCUT2D eigenvalue weighted by Crippen LogP contribution is 2.21. The second kappa shape index (κ2) is 5.07. The zero-order valence-electron chi connectivity index (χ0n) is 9.41. The van der Waals surface area contributed by atoms with Crippen LogP contribution in [0.15, 0.2) is 24.3 Å². The lowest BCUT2D eigenvalue weighted by atomic mass is 10.1. The average Bonchev–Trinajstić information content (AvgIpc) is 2.25. The monoisotopic (exact) mass is 247 g/mol. The summed E-state index contributed by atoms with van der Waals surface area (Å²) < 4.78 is 39.9. The molecule has 0 fully saturated rings. The third-order valence-corrected chi connectivity index (χ3v) is 1.97. The van der Waals surface area contributed by atoms with Crippen LogP contribution in [0.1, 0.15) is 10.4 Å². The Hall–Kier alpha value is -1.72. The number of esters is 1. The van der Waals surface area contributed by atoms with Crippen LogP contribution in [0.3, 0.4) is 0 Å². The molecule has 0 aliphatic heterocycles. The number of ether oxygens (including phenoxy) is 1. The molecule has 0 bridgehead atoms. The maximum Gasteiger partial charge on any atom is 0.422 e. The Balaban J connectivity index is 2.82. The van der Waals surface area contributed by atoms with Crippen LogP contribution >= 0.6 is 0 Å². The lowest BCUT2D eigenvalue weighted by Crippen LogP contribution is -2.22. The van der Waals surface area contributed by atoms with Crippen molar-refractivity contribution in [3.8, 4) is 0 Å². The minimum Gasteiger partial charge on any atom is -0.452 e. The van der Waals surface area contributed by atoms with Gasteiger partial charge in [-0.15, -0.1) is 0 Å². The normalized spacial score (nSPS) is 11.1. The van der Waals surface area contributed by atoms with Gasteiger partial charge in [0.15, 0.2) is 6.61 Å². The number of benzene rings is 1. The molecule has 94 valence electrons. The van der Waals surface area contributed by atoms with Crippen LogP contribution < -0.4 is 4.90 Å². The molecular weight excluding hydrogens is 235 g/mol. The number of carbonyl (C=O) groups is 1. The number of hydrogen-bond donors (Lipinski definition) is 0. The molecule has 0 saturated carbocycles. The van der Waals surface area contributed by atoms with Crippen LogP contribution in [0.2, 0.25) is 0 Å². The second-order valence-corrected chi connectivity index (χ2v) is 3.60. The summed E-state index contributed by atoms with van der Waals surface area (Å²) in [5, 5.41) is 0. The number of anilines is 1. The number of halogens is 3. The Bertz CT molecular complexity index is 402. The fraction of sp³-hybridized carbons (Fsp3) is 0.364. The van der Waals surface area contributed by atoms with E-state index in [2.05, 4.69) is 4.74 Å². The molecule has 1 aromatic rings. The van der Waals surface area contributed by atoms with Gasteiger partial charge in [-0.25, -0.2) is 4.79 Å². The van der Waals surface area contributed by atoms with Gasteiger partial charge in [0.1, 0.15) is 0 Å². The van der Waals surface area contributed by atoms with Gasteiger partial charge < -0.3 is 9.64 Å². The van der Waals surface area contributed by atoms with E-state index in [-0.39, 0.29) is 5.56 Å². The Morgan fingerprint density at radius 2 is 1.88 bits per heavy atom. The lowest BCUT2D eigenvalue weighted by Gasteiger charge is -2.16. The summed E-state index contributed by atoms with van der Waals surface area (Å²) in [5.74, 6) is -0.980. The topological polar surface area (TPSA) is 29.5 Å². The van der Waals surface area contributed by atoms with Crippen LogP contribution in [-0.4, -0.2) is 32.8 Å². The van der Waals surface area contributed by atoms with Gasteiger partial charge in [-0.1, -0.05) is 12.1 Å². The van der Waals surface area contributed by atoms with Crippen LogP contribution in [0.4, 0.5) is 18.9 Å². The van der Waals surface area contributed by atoms with Crippen molar-refractivity contribution in [2.24, 2.45) is 0 Å². The molecule has 1 rings (SSSR count). The van der Waals surface area contributed by atoms with Crippen molar-refractivity contribution >= 4 is 11.7 Å². The molecule has 0 radical (unpaired) electrons. The maximum absolute atomic E-state index is 11.9. The third-order valence-electron chi connectivity index (χ3n) is 1.97. The molecule has 17 heavy (non-hydrogen) atoms. The van der Waals surface area contributed by atoms with Crippen LogP contribution in [0, 0.1) is 0 Å². The van der Waals surface area contributed by atoms with Crippen molar-refractivity contribution in [1.29, 1.82) is 0 Å². The minimum atomic E-state index is -4.51. The number of hydrogen-bond acceptors (Lipinski definition) is 3. The van der Waals surface area contributed by atoms with Crippen LogP contribution in [-0.2, 0) is 4.74 Å².